The molecule has 0 N–H and O–H groups in total. The fraction of sp³-hybridized carbons (Fsp3) is 0.273. The molecule has 170 valence electrons. The first-order valence-corrected chi connectivity index (χ1v) is 12.9. The molecular formula is C22H24N2O6S2. The van der Waals surface area contributed by atoms with E-state index in [0.29, 0.717) is 5.75 Å². The molecule has 8 nitrogen and oxygen atoms in total. The second kappa shape index (κ2) is 8.70. The van der Waals surface area contributed by atoms with Crippen LogP contribution in [0.2, 0.25) is 0 Å². The zero-order chi connectivity index (χ0) is 22.9. The van der Waals surface area contributed by atoms with Crippen molar-refractivity contribution in [2.75, 3.05) is 40.4 Å². The summed E-state index contributed by atoms with van der Waals surface area (Å²) in [5, 5.41) is 1.79. The van der Waals surface area contributed by atoms with Crippen LogP contribution in [-0.4, -0.2) is 65.8 Å². The SMILES string of the molecule is COc1ccc(OC)c(S(=O)(=O)N2CCN(S(=O)(=O)c3ccc4ccccc4c3)CC2)c1. The Morgan fingerprint density at radius 2 is 1.31 bits per heavy atom. The average Bonchev–Trinajstić information content (AvgIpc) is 2.83. The number of methoxy groups -OCH3 is 2. The first-order chi connectivity index (χ1) is 15.3. The van der Waals surface area contributed by atoms with Crippen LogP contribution in [0.3, 0.4) is 0 Å². The van der Waals surface area contributed by atoms with Gasteiger partial charge in [-0.05, 0) is 35.0 Å². The molecule has 1 fully saturated rings. The molecule has 0 aliphatic carbocycles. The van der Waals surface area contributed by atoms with Crippen LogP contribution in [0.15, 0.2) is 70.5 Å². The topological polar surface area (TPSA) is 93.2 Å². The predicted octanol–water partition coefficient (Wildman–Crippen LogP) is 2.55. The van der Waals surface area contributed by atoms with Crippen molar-refractivity contribution < 1.29 is 26.3 Å². The van der Waals surface area contributed by atoms with Crippen molar-refractivity contribution >= 4 is 30.8 Å². The minimum Gasteiger partial charge on any atom is -0.497 e. The summed E-state index contributed by atoms with van der Waals surface area (Å²) >= 11 is 0. The zero-order valence-electron chi connectivity index (χ0n) is 17.8. The Morgan fingerprint density at radius 3 is 1.94 bits per heavy atom. The molecule has 1 aliphatic rings. The third kappa shape index (κ3) is 4.06. The maximum Gasteiger partial charge on any atom is 0.246 e. The number of piperazine rings is 1. The third-order valence-corrected chi connectivity index (χ3v) is 9.36. The van der Waals surface area contributed by atoms with Crippen molar-refractivity contribution in [2.45, 2.75) is 9.79 Å². The summed E-state index contributed by atoms with van der Waals surface area (Å²) in [6, 6.07) is 17.1. The van der Waals surface area contributed by atoms with E-state index in [1.54, 1.807) is 24.3 Å². The summed E-state index contributed by atoms with van der Waals surface area (Å²) < 4.78 is 65.8. The van der Waals surface area contributed by atoms with Crippen LogP contribution in [0, 0.1) is 0 Å². The number of nitrogens with zero attached hydrogens (tertiary/aromatic N) is 2. The highest BCUT2D eigenvalue weighted by Gasteiger charge is 2.35. The summed E-state index contributed by atoms with van der Waals surface area (Å²) in [5.41, 5.74) is 0. The van der Waals surface area contributed by atoms with Crippen molar-refractivity contribution in [1.82, 2.24) is 8.61 Å². The monoisotopic (exact) mass is 476 g/mol. The van der Waals surface area contributed by atoms with E-state index in [-0.39, 0.29) is 41.7 Å². The summed E-state index contributed by atoms with van der Waals surface area (Å²) in [6.45, 7) is 0.187. The normalized spacial score (nSPS) is 16.2. The van der Waals surface area contributed by atoms with E-state index in [4.69, 9.17) is 9.47 Å². The molecule has 0 bridgehead atoms. The van der Waals surface area contributed by atoms with Gasteiger partial charge >= 0.3 is 0 Å². The standard InChI is InChI=1S/C22H24N2O6S2/c1-29-19-8-10-21(30-2)22(16-19)32(27,28)24-13-11-23(12-14-24)31(25,26)20-9-7-17-5-3-4-6-18(17)15-20/h3-10,15-16H,11-14H2,1-2H3. The molecule has 10 heteroatoms. The van der Waals surface area contributed by atoms with Gasteiger partial charge in [0.1, 0.15) is 16.4 Å². The summed E-state index contributed by atoms with van der Waals surface area (Å²) in [6.07, 6.45) is 0. The minimum absolute atomic E-state index is 0.00909. The Labute approximate surface area is 188 Å². The fourth-order valence-electron chi connectivity index (χ4n) is 3.75. The Hall–Kier alpha value is -2.66. The quantitative estimate of drug-likeness (QED) is 0.543. The third-order valence-electron chi connectivity index (χ3n) is 5.54. The second-order valence-electron chi connectivity index (χ2n) is 7.33. The maximum atomic E-state index is 13.2. The lowest BCUT2D eigenvalue weighted by atomic mass is 10.1. The van der Waals surface area contributed by atoms with Gasteiger partial charge in [0.25, 0.3) is 0 Å². The number of ether oxygens (including phenoxy) is 2. The highest BCUT2D eigenvalue weighted by molar-refractivity contribution is 7.89. The van der Waals surface area contributed by atoms with Crippen LogP contribution in [-0.2, 0) is 20.0 Å². The largest absolute Gasteiger partial charge is 0.497 e. The van der Waals surface area contributed by atoms with Gasteiger partial charge in [-0.15, -0.1) is 0 Å². The maximum absolute atomic E-state index is 13.2. The molecule has 3 aromatic carbocycles. The molecular weight excluding hydrogens is 452 g/mol. The number of sulfonamides is 2. The Bertz CT molecular complexity index is 1350. The molecule has 0 atom stereocenters. The van der Waals surface area contributed by atoms with Gasteiger partial charge in [-0.2, -0.15) is 8.61 Å². The second-order valence-corrected chi connectivity index (χ2v) is 11.2. The van der Waals surface area contributed by atoms with Crippen LogP contribution in [0.25, 0.3) is 10.8 Å². The molecule has 0 radical (unpaired) electrons. The van der Waals surface area contributed by atoms with Crippen molar-refractivity contribution in [3.8, 4) is 11.5 Å². The van der Waals surface area contributed by atoms with Crippen LogP contribution in [0.5, 0.6) is 11.5 Å². The van der Waals surface area contributed by atoms with Gasteiger partial charge in [0.05, 0.1) is 19.1 Å². The van der Waals surface area contributed by atoms with Crippen LogP contribution in [0.1, 0.15) is 0 Å². The van der Waals surface area contributed by atoms with Gasteiger partial charge in [0.15, 0.2) is 0 Å². The lowest BCUT2D eigenvalue weighted by molar-refractivity contribution is 0.272. The molecule has 0 saturated carbocycles. The number of hydrogen-bond donors (Lipinski definition) is 0. The van der Waals surface area contributed by atoms with Crippen LogP contribution in [0.4, 0.5) is 0 Å². The lowest BCUT2D eigenvalue weighted by Gasteiger charge is -2.33. The average molecular weight is 477 g/mol. The molecule has 0 amide bonds. The molecule has 0 aromatic heterocycles. The summed E-state index contributed by atoms with van der Waals surface area (Å²) in [7, 11) is -4.79. The van der Waals surface area contributed by atoms with Crippen molar-refractivity contribution in [3.63, 3.8) is 0 Å². The van der Waals surface area contributed by atoms with Gasteiger partial charge in [-0.3, -0.25) is 0 Å². The Morgan fingerprint density at radius 1 is 0.688 bits per heavy atom. The highest BCUT2D eigenvalue weighted by atomic mass is 32.2. The minimum atomic E-state index is -3.89. The molecule has 1 saturated heterocycles. The lowest BCUT2D eigenvalue weighted by Crippen LogP contribution is -2.50. The first kappa shape index (κ1) is 22.5. The Balaban J connectivity index is 1.55. The van der Waals surface area contributed by atoms with E-state index < -0.39 is 20.0 Å². The van der Waals surface area contributed by atoms with E-state index in [1.807, 2.05) is 24.3 Å². The fourth-order valence-corrected chi connectivity index (χ4v) is 6.80. The summed E-state index contributed by atoms with van der Waals surface area (Å²) in [4.78, 5) is 0.187. The van der Waals surface area contributed by atoms with Crippen molar-refractivity contribution in [2.24, 2.45) is 0 Å². The van der Waals surface area contributed by atoms with Crippen molar-refractivity contribution in [1.29, 1.82) is 0 Å². The smallest absolute Gasteiger partial charge is 0.246 e. The number of fused-ring (bicyclic) bond motifs is 1. The highest BCUT2D eigenvalue weighted by Crippen LogP contribution is 2.31. The van der Waals surface area contributed by atoms with Crippen LogP contribution < -0.4 is 9.47 Å². The van der Waals surface area contributed by atoms with E-state index in [9.17, 15) is 16.8 Å². The zero-order valence-corrected chi connectivity index (χ0v) is 19.4. The molecule has 32 heavy (non-hydrogen) atoms. The number of rotatable bonds is 6. The van der Waals surface area contributed by atoms with Gasteiger partial charge in [0, 0.05) is 32.2 Å². The van der Waals surface area contributed by atoms with E-state index in [0.717, 1.165) is 10.8 Å². The molecule has 0 spiro atoms. The van der Waals surface area contributed by atoms with Gasteiger partial charge < -0.3 is 9.47 Å². The van der Waals surface area contributed by atoms with Crippen LogP contribution >= 0.6 is 0 Å². The van der Waals surface area contributed by atoms with E-state index >= 15 is 0 Å². The summed E-state index contributed by atoms with van der Waals surface area (Å²) in [5.74, 6) is 0.596. The predicted molar refractivity (Wildman–Crippen MR) is 121 cm³/mol. The van der Waals surface area contributed by atoms with E-state index in [2.05, 4.69) is 0 Å². The molecule has 4 rings (SSSR count). The van der Waals surface area contributed by atoms with Crippen molar-refractivity contribution in [3.05, 3.63) is 60.7 Å². The molecule has 3 aromatic rings. The van der Waals surface area contributed by atoms with Gasteiger partial charge in [-0.1, -0.05) is 30.3 Å². The molecule has 1 heterocycles. The number of benzene rings is 3. The van der Waals surface area contributed by atoms with E-state index in [1.165, 1.54) is 35.0 Å². The van der Waals surface area contributed by atoms with Gasteiger partial charge in [-0.25, -0.2) is 16.8 Å². The molecule has 0 unspecified atom stereocenters. The Kier molecular flexibility index (Phi) is 6.13. The van der Waals surface area contributed by atoms with Gasteiger partial charge in [0.2, 0.25) is 20.0 Å². The molecule has 1 aliphatic heterocycles. The first-order valence-electron chi connectivity index (χ1n) is 9.98. The number of hydrogen-bond acceptors (Lipinski definition) is 6.